The van der Waals surface area contributed by atoms with E-state index in [-0.39, 0.29) is 11.6 Å². The quantitative estimate of drug-likeness (QED) is 0.174. The highest BCUT2D eigenvalue weighted by Gasteiger charge is 2.22. The van der Waals surface area contributed by atoms with Crippen LogP contribution in [0.1, 0.15) is 43.8 Å². The number of nitrogens with zero attached hydrogens (tertiary/aromatic N) is 3. The fourth-order valence-electron chi connectivity index (χ4n) is 4.40. The minimum Gasteiger partial charge on any atom is -0.496 e. The van der Waals surface area contributed by atoms with Crippen LogP contribution in [0.25, 0.3) is 21.5 Å². The Morgan fingerprint density at radius 3 is 2.79 bits per heavy atom. The molecule has 5 rings (SSSR count). The Morgan fingerprint density at radius 1 is 1.18 bits per heavy atom. The van der Waals surface area contributed by atoms with Crippen LogP contribution in [-0.2, 0) is 5.75 Å². The number of ether oxygens (including phenoxy) is 1. The lowest BCUT2D eigenvalue weighted by atomic mass is 9.95. The Hall–Kier alpha value is -1.87. The molecule has 1 fully saturated rings. The van der Waals surface area contributed by atoms with Crippen LogP contribution >= 0.6 is 50.6 Å². The number of hydrogen-bond donors (Lipinski definition) is 0. The van der Waals surface area contributed by atoms with E-state index < -0.39 is 0 Å². The molecule has 2 aromatic carbocycles. The molecular formula is C25H23BrClN3O2S2. The fourth-order valence-corrected chi connectivity index (χ4v) is 6.83. The second kappa shape index (κ2) is 10.4. The molecule has 34 heavy (non-hydrogen) atoms. The maximum absolute atomic E-state index is 13.5. The molecule has 0 atom stereocenters. The van der Waals surface area contributed by atoms with Crippen molar-refractivity contribution in [1.29, 1.82) is 0 Å². The Labute approximate surface area is 219 Å². The molecule has 5 nitrogen and oxygen atoms in total. The van der Waals surface area contributed by atoms with E-state index in [9.17, 15) is 4.79 Å². The molecule has 0 radical (unpaired) electrons. The lowest BCUT2D eigenvalue weighted by Gasteiger charge is -2.26. The molecule has 1 saturated carbocycles. The van der Waals surface area contributed by atoms with Crippen LogP contribution < -0.4 is 10.3 Å². The maximum atomic E-state index is 13.5. The number of thiazole rings is 1. The van der Waals surface area contributed by atoms with Gasteiger partial charge >= 0.3 is 0 Å². The summed E-state index contributed by atoms with van der Waals surface area (Å²) in [5.41, 5.74) is 2.57. The van der Waals surface area contributed by atoms with Crippen molar-refractivity contribution in [3.8, 4) is 16.3 Å². The van der Waals surface area contributed by atoms with Crippen LogP contribution in [0, 0.1) is 0 Å². The molecule has 9 heteroatoms. The minimum absolute atomic E-state index is 0.0221. The van der Waals surface area contributed by atoms with Crippen LogP contribution in [0.15, 0.2) is 56.2 Å². The first-order chi connectivity index (χ1) is 16.5. The van der Waals surface area contributed by atoms with Crippen LogP contribution in [0.4, 0.5) is 0 Å². The zero-order chi connectivity index (χ0) is 23.7. The van der Waals surface area contributed by atoms with E-state index in [4.69, 9.17) is 26.3 Å². The molecule has 0 aliphatic heterocycles. The highest BCUT2D eigenvalue weighted by Crippen LogP contribution is 2.36. The van der Waals surface area contributed by atoms with Gasteiger partial charge < -0.3 is 4.74 Å². The lowest BCUT2D eigenvalue weighted by Crippen LogP contribution is -2.29. The summed E-state index contributed by atoms with van der Waals surface area (Å²) in [6.45, 7) is 0. The number of halogens is 2. The first-order valence-electron chi connectivity index (χ1n) is 11.2. The lowest BCUT2D eigenvalue weighted by molar-refractivity contribution is 0.326. The molecule has 2 heterocycles. The van der Waals surface area contributed by atoms with Gasteiger partial charge in [0.15, 0.2) is 5.16 Å². The van der Waals surface area contributed by atoms with E-state index in [0.717, 1.165) is 57.3 Å². The van der Waals surface area contributed by atoms with Gasteiger partial charge in [0, 0.05) is 26.7 Å². The summed E-state index contributed by atoms with van der Waals surface area (Å²) in [6, 6.07) is 11.4. The van der Waals surface area contributed by atoms with Gasteiger partial charge in [-0.25, -0.2) is 9.97 Å². The van der Waals surface area contributed by atoms with Crippen molar-refractivity contribution in [2.45, 2.75) is 49.1 Å². The van der Waals surface area contributed by atoms with E-state index in [1.54, 1.807) is 48.4 Å². The molecule has 0 bridgehead atoms. The molecule has 0 unspecified atom stereocenters. The van der Waals surface area contributed by atoms with Crippen molar-refractivity contribution in [2.24, 2.45) is 0 Å². The highest BCUT2D eigenvalue weighted by atomic mass is 79.9. The normalized spacial score (nSPS) is 14.6. The van der Waals surface area contributed by atoms with Gasteiger partial charge in [-0.15, -0.1) is 11.3 Å². The fraction of sp³-hybridized carbons (Fsp3) is 0.320. The van der Waals surface area contributed by atoms with E-state index in [2.05, 4.69) is 21.3 Å². The Morgan fingerprint density at radius 2 is 2.00 bits per heavy atom. The Balaban J connectivity index is 1.47. The number of aromatic nitrogens is 3. The Bertz CT molecular complexity index is 1400. The molecule has 1 aliphatic rings. The van der Waals surface area contributed by atoms with Crippen LogP contribution in [0.5, 0.6) is 5.75 Å². The van der Waals surface area contributed by atoms with Crippen LogP contribution in [-0.4, -0.2) is 21.6 Å². The molecule has 0 spiro atoms. The number of methoxy groups -OCH3 is 1. The van der Waals surface area contributed by atoms with E-state index >= 15 is 0 Å². The third-order valence-electron chi connectivity index (χ3n) is 6.06. The van der Waals surface area contributed by atoms with Crippen molar-refractivity contribution >= 4 is 61.5 Å². The summed E-state index contributed by atoms with van der Waals surface area (Å²) in [4.78, 5) is 23.2. The second-order valence-corrected chi connectivity index (χ2v) is 11.5. The first kappa shape index (κ1) is 23.9. The summed E-state index contributed by atoms with van der Waals surface area (Å²) in [5.74, 6) is 1.41. The van der Waals surface area contributed by atoms with Crippen LogP contribution in [0.2, 0.25) is 5.02 Å². The van der Waals surface area contributed by atoms with Crippen molar-refractivity contribution in [3.05, 3.63) is 67.3 Å². The second-order valence-electron chi connectivity index (χ2n) is 8.30. The molecular weight excluding hydrogens is 554 g/mol. The summed E-state index contributed by atoms with van der Waals surface area (Å²) in [7, 11) is 1.67. The van der Waals surface area contributed by atoms with Gasteiger partial charge in [-0.05, 0) is 49.2 Å². The van der Waals surface area contributed by atoms with E-state index in [1.807, 2.05) is 22.8 Å². The highest BCUT2D eigenvalue weighted by molar-refractivity contribution is 9.10. The predicted molar refractivity (Wildman–Crippen MR) is 144 cm³/mol. The van der Waals surface area contributed by atoms with E-state index in [0.29, 0.717) is 21.7 Å². The van der Waals surface area contributed by atoms with Gasteiger partial charge in [0.2, 0.25) is 0 Å². The standard InChI is InChI=1S/C25H23BrClN3O2S2/c1-32-22-10-7-15(26)11-20(22)23-28-17(13-33-23)14-34-25-29-21-12-16(27)8-9-19(21)24(31)30(25)18-5-3-2-4-6-18/h7-13,18H,2-6,14H2,1H3. The number of fused-ring (bicyclic) bond motifs is 1. The smallest absolute Gasteiger partial charge is 0.262 e. The van der Waals surface area contributed by atoms with Gasteiger partial charge in [0.1, 0.15) is 10.8 Å². The van der Waals surface area contributed by atoms with Crippen molar-refractivity contribution in [1.82, 2.24) is 14.5 Å². The third kappa shape index (κ3) is 4.91. The zero-order valence-corrected chi connectivity index (χ0v) is 22.6. The molecule has 1 aliphatic carbocycles. The average Bonchev–Trinajstić information content (AvgIpc) is 3.32. The largest absolute Gasteiger partial charge is 0.496 e. The van der Waals surface area contributed by atoms with E-state index in [1.165, 1.54) is 6.42 Å². The molecule has 2 aromatic heterocycles. The van der Waals surface area contributed by atoms with Crippen LogP contribution in [0.3, 0.4) is 0 Å². The molecule has 0 N–H and O–H groups in total. The summed E-state index contributed by atoms with van der Waals surface area (Å²) in [6.07, 6.45) is 5.54. The maximum Gasteiger partial charge on any atom is 0.262 e. The third-order valence-corrected chi connectivity index (χ3v) is 8.70. The van der Waals surface area contributed by atoms with Gasteiger partial charge in [-0.2, -0.15) is 0 Å². The zero-order valence-electron chi connectivity index (χ0n) is 18.6. The number of thioether (sulfide) groups is 1. The topological polar surface area (TPSA) is 57.0 Å². The number of hydrogen-bond acceptors (Lipinski definition) is 6. The molecule has 4 aromatic rings. The Kier molecular flexibility index (Phi) is 7.30. The number of rotatable bonds is 6. The number of benzene rings is 2. The summed E-state index contributed by atoms with van der Waals surface area (Å²) >= 11 is 12.9. The SMILES string of the molecule is COc1ccc(Br)cc1-c1nc(CSc2nc3cc(Cl)ccc3c(=O)n2C2CCCCC2)cs1. The van der Waals surface area contributed by atoms with Gasteiger partial charge in [-0.1, -0.05) is 58.6 Å². The van der Waals surface area contributed by atoms with Crippen molar-refractivity contribution in [2.75, 3.05) is 7.11 Å². The first-order valence-corrected chi connectivity index (χ1v) is 14.2. The monoisotopic (exact) mass is 575 g/mol. The molecule has 176 valence electrons. The van der Waals surface area contributed by atoms with Gasteiger partial charge in [0.05, 0.1) is 29.3 Å². The van der Waals surface area contributed by atoms with Gasteiger partial charge in [-0.3, -0.25) is 9.36 Å². The molecule has 0 amide bonds. The van der Waals surface area contributed by atoms with Gasteiger partial charge in [0.25, 0.3) is 5.56 Å². The summed E-state index contributed by atoms with van der Waals surface area (Å²) < 4.78 is 8.42. The molecule has 0 saturated heterocycles. The predicted octanol–water partition coefficient (Wildman–Crippen LogP) is 7.74. The van der Waals surface area contributed by atoms with Crippen molar-refractivity contribution < 1.29 is 4.74 Å². The summed E-state index contributed by atoms with van der Waals surface area (Å²) in [5, 5.41) is 4.90. The minimum atomic E-state index is 0.0221. The average molecular weight is 577 g/mol. The van der Waals surface area contributed by atoms with Crippen molar-refractivity contribution in [3.63, 3.8) is 0 Å².